The number of piperidine rings is 1. The van der Waals surface area contributed by atoms with E-state index in [0.29, 0.717) is 23.6 Å². The molecular weight excluding hydrogens is 290 g/mol. The Bertz CT molecular complexity index is 640. The van der Waals surface area contributed by atoms with Gasteiger partial charge in [-0.3, -0.25) is 0 Å². The minimum absolute atomic E-state index is 0.230. The van der Waals surface area contributed by atoms with Gasteiger partial charge in [-0.05, 0) is 77.3 Å². The molecule has 1 saturated heterocycles. The van der Waals surface area contributed by atoms with Gasteiger partial charge in [0.15, 0.2) is 0 Å². The number of allylic oxidation sites excluding steroid dienone is 4. The van der Waals surface area contributed by atoms with E-state index in [0.717, 1.165) is 19.4 Å². The van der Waals surface area contributed by atoms with Gasteiger partial charge in [0.05, 0.1) is 5.76 Å². The third-order valence-electron chi connectivity index (χ3n) is 5.65. The molecule has 0 aromatic carbocycles. The van der Waals surface area contributed by atoms with Crippen molar-refractivity contribution in [2.75, 3.05) is 6.54 Å². The molecular formula is C19H23NOS. The van der Waals surface area contributed by atoms with Gasteiger partial charge >= 0.3 is 0 Å². The molecule has 0 amide bonds. The maximum atomic E-state index is 10.3. The molecule has 0 saturated carbocycles. The van der Waals surface area contributed by atoms with Crippen LogP contribution in [-0.4, -0.2) is 17.7 Å². The third-order valence-corrected chi connectivity index (χ3v) is 6.35. The second-order valence-electron chi connectivity index (χ2n) is 6.74. The van der Waals surface area contributed by atoms with Crippen LogP contribution >= 0.6 is 11.3 Å². The number of thiophene rings is 1. The van der Waals surface area contributed by atoms with Crippen molar-refractivity contribution in [3.8, 4) is 0 Å². The summed E-state index contributed by atoms with van der Waals surface area (Å²) in [6.07, 6.45) is 9.51. The fraction of sp³-hybridized carbons (Fsp3) is 0.474. The standard InChI is InChI=1S/C19H23NOS/c1-12(13-8-10-22-11-13)14-7-9-20-17-6-5-15-16(19(14)17)3-2-4-18(15)21/h2-4,8,10-12,14-15,17,20-21H,5-7,9H2,1H3. The summed E-state index contributed by atoms with van der Waals surface area (Å²) < 4.78 is 0. The molecule has 2 aliphatic carbocycles. The van der Waals surface area contributed by atoms with E-state index < -0.39 is 0 Å². The second-order valence-corrected chi connectivity index (χ2v) is 7.52. The molecule has 4 unspecified atom stereocenters. The molecule has 1 aliphatic heterocycles. The fourth-order valence-electron chi connectivity index (χ4n) is 4.47. The molecule has 2 heterocycles. The topological polar surface area (TPSA) is 32.3 Å². The first-order valence-corrected chi connectivity index (χ1v) is 9.26. The van der Waals surface area contributed by atoms with Crippen molar-refractivity contribution >= 4 is 11.3 Å². The predicted octanol–water partition coefficient (Wildman–Crippen LogP) is 4.55. The first kappa shape index (κ1) is 14.3. The number of aliphatic hydroxyl groups excluding tert-OH is 1. The highest BCUT2D eigenvalue weighted by molar-refractivity contribution is 7.07. The average molecular weight is 313 g/mol. The number of aliphatic hydroxyl groups is 1. The summed E-state index contributed by atoms with van der Waals surface area (Å²) in [5.74, 6) is 1.93. The maximum Gasteiger partial charge on any atom is 0.0997 e. The van der Waals surface area contributed by atoms with Crippen LogP contribution in [0.15, 0.2) is 52.0 Å². The van der Waals surface area contributed by atoms with Crippen LogP contribution in [0.4, 0.5) is 0 Å². The largest absolute Gasteiger partial charge is 0.512 e. The van der Waals surface area contributed by atoms with E-state index in [-0.39, 0.29) is 5.92 Å². The van der Waals surface area contributed by atoms with Crippen molar-refractivity contribution in [1.29, 1.82) is 0 Å². The summed E-state index contributed by atoms with van der Waals surface area (Å²) in [4.78, 5) is 0. The van der Waals surface area contributed by atoms with E-state index in [1.165, 1.54) is 17.6 Å². The van der Waals surface area contributed by atoms with E-state index >= 15 is 0 Å². The molecule has 2 N–H and O–H groups in total. The Hall–Kier alpha value is -1.32. The Morgan fingerprint density at radius 2 is 2.23 bits per heavy atom. The fourth-order valence-corrected chi connectivity index (χ4v) is 5.24. The van der Waals surface area contributed by atoms with Crippen LogP contribution in [0, 0.1) is 11.8 Å². The lowest BCUT2D eigenvalue weighted by Gasteiger charge is -2.43. The molecule has 4 atom stereocenters. The number of nitrogens with one attached hydrogen (secondary N) is 1. The predicted molar refractivity (Wildman–Crippen MR) is 92.2 cm³/mol. The Morgan fingerprint density at radius 1 is 1.32 bits per heavy atom. The molecule has 0 spiro atoms. The van der Waals surface area contributed by atoms with Gasteiger partial charge in [0.1, 0.15) is 0 Å². The number of hydrogen-bond acceptors (Lipinski definition) is 3. The SMILES string of the molecule is CC(c1ccsc1)C1CCNC2CCC3C(O)=CC=CC3=C21. The molecule has 22 heavy (non-hydrogen) atoms. The normalized spacial score (nSPS) is 32.2. The summed E-state index contributed by atoms with van der Waals surface area (Å²) in [6.45, 7) is 3.48. The highest BCUT2D eigenvalue weighted by Crippen LogP contribution is 2.46. The quantitative estimate of drug-likeness (QED) is 0.839. The van der Waals surface area contributed by atoms with Crippen LogP contribution in [0.1, 0.15) is 37.7 Å². The summed E-state index contributed by atoms with van der Waals surface area (Å²) >= 11 is 1.79. The van der Waals surface area contributed by atoms with Gasteiger partial charge in [-0.25, -0.2) is 0 Å². The van der Waals surface area contributed by atoms with Crippen molar-refractivity contribution in [2.24, 2.45) is 11.8 Å². The molecule has 1 aromatic heterocycles. The van der Waals surface area contributed by atoms with Gasteiger partial charge in [-0.1, -0.05) is 19.1 Å². The lowest BCUT2D eigenvalue weighted by molar-refractivity contribution is 0.282. The number of fused-ring (bicyclic) bond motifs is 2. The molecule has 0 bridgehead atoms. The van der Waals surface area contributed by atoms with Crippen molar-refractivity contribution in [3.05, 3.63) is 57.5 Å². The first-order chi connectivity index (χ1) is 10.8. The average Bonchev–Trinajstić information content (AvgIpc) is 3.08. The molecule has 4 rings (SSSR count). The molecule has 116 valence electrons. The monoisotopic (exact) mass is 313 g/mol. The lowest BCUT2D eigenvalue weighted by atomic mass is 9.67. The van der Waals surface area contributed by atoms with Gasteiger partial charge in [0, 0.05) is 12.0 Å². The van der Waals surface area contributed by atoms with Crippen LogP contribution in [0.25, 0.3) is 0 Å². The summed E-state index contributed by atoms with van der Waals surface area (Å²) in [5, 5.41) is 18.4. The van der Waals surface area contributed by atoms with Crippen LogP contribution in [0.5, 0.6) is 0 Å². The van der Waals surface area contributed by atoms with E-state index in [9.17, 15) is 5.11 Å². The smallest absolute Gasteiger partial charge is 0.0997 e. The molecule has 3 aliphatic rings. The van der Waals surface area contributed by atoms with Crippen molar-refractivity contribution in [1.82, 2.24) is 5.32 Å². The zero-order valence-electron chi connectivity index (χ0n) is 13.0. The highest BCUT2D eigenvalue weighted by Gasteiger charge is 2.39. The van der Waals surface area contributed by atoms with Gasteiger partial charge in [-0.15, -0.1) is 0 Å². The van der Waals surface area contributed by atoms with Gasteiger partial charge in [-0.2, -0.15) is 11.3 Å². The van der Waals surface area contributed by atoms with E-state index in [1.54, 1.807) is 16.9 Å². The zero-order valence-corrected chi connectivity index (χ0v) is 13.8. The summed E-state index contributed by atoms with van der Waals surface area (Å²) in [7, 11) is 0. The molecule has 3 heteroatoms. The van der Waals surface area contributed by atoms with Gasteiger partial charge < -0.3 is 10.4 Å². The van der Waals surface area contributed by atoms with Crippen LogP contribution < -0.4 is 5.32 Å². The number of hydrogen-bond donors (Lipinski definition) is 2. The van der Waals surface area contributed by atoms with Crippen LogP contribution in [0.2, 0.25) is 0 Å². The third kappa shape index (κ3) is 2.27. The van der Waals surface area contributed by atoms with Crippen molar-refractivity contribution in [3.63, 3.8) is 0 Å². The van der Waals surface area contributed by atoms with Crippen molar-refractivity contribution < 1.29 is 5.11 Å². The Kier molecular flexibility index (Phi) is 3.71. The molecule has 1 aromatic rings. The van der Waals surface area contributed by atoms with E-state index in [1.807, 2.05) is 12.2 Å². The summed E-state index contributed by atoms with van der Waals surface area (Å²) in [6, 6.07) is 2.77. The Balaban J connectivity index is 1.76. The Labute approximate surface area is 136 Å². The minimum Gasteiger partial charge on any atom is -0.512 e. The highest BCUT2D eigenvalue weighted by atomic mass is 32.1. The van der Waals surface area contributed by atoms with Crippen molar-refractivity contribution in [2.45, 2.75) is 38.1 Å². The zero-order chi connectivity index (χ0) is 15.1. The van der Waals surface area contributed by atoms with Crippen LogP contribution in [0.3, 0.4) is 0 Å². The van der Waals surface area contributed by atoms with E-state index in [2.05, 4.69) is 35.1 Å². The second kappa shape index (κ2) is 5.71. The number of rotatable bonds is 2. The summed E-state index contributed by atoms with van der Waals surface area (Å²) in [5.41, 5.74) is 4.41. The van der Waals surface area contributed by atoms with Gasteiger partial charge in [0.25, 0.3) is 0 Å². The van der Waals surface area contributed by atoms with Gasteiger partial charge in [0.2, 0.25) is 0 Å². The van der Waals surface area contributed by atoms with Crippen LogP contribution in [-0.2, 0) is 0 Å². The van der Waals surface area contributed by atoms with E-state index in [4.69, 9.17) is 0 Å². The molecule has 1 fully saturated rings. The first-order valence-electron chi connectivity index (χ1n) is 8.32. The Morgan fingerprint density at radius 3 is 3.05 bits per heavy atom. The molecule has 0 radical (unpaired) electrons. The minimum atomic E-state index is 0.230. The lowest BCUT2D eigenvalue weighted by Crippen LogP contribution is -2.45. The maximum absolute atomic E-state index is 10.3. The molecule has 2 nitrogen and oxygen atoms in total.